The van der Waals surface area contributed by atoms with Gasteiger partial charge >= 0.3 is 0 Å². The Kier molecular flexibility index (Phi) is 3.07. The molecule has 1 atom stereocenters. The minimum absolute atomic E-state index is 0.255. The molecule has 62 valence electrons. The van der Waals surface area contributed by atoms with Crippen LogP contribution in [-0.4, -0.2) is 5.38 Å². The molecule has 1 unspecified atom stereocenters. The Hall–Kier alpha value is -1.07. The van der Waals surface area contributed by atoms with Crippen molar-refractivity contribution in [3.05, 3.63) is 35.6 Å². The van der Waals surface area contributed by atoms with Gasteiger partial charge in [0.05, 0.1) is 6.07 Å². The number of halogens is 2. The summed E-state index contributed by atoms with van der Waals surface area (Å²) in [4.78, 5) is 0. The molecule has 0 fully saturated rings. The molecule has 0 N–H and O–H groups in total. The molecule has 1 aromatic carbocycles. The number of alkyl halides is 1. The summed E-state index contributed by atoms with van der Waals surface area (Å²) in [6, 6.07) is 8.15. The topological polar surface area (TPSA) is 23.8 Å². The van der Waals surface area contributed by atoms with Crippen molar-refractivity contribution in [2.45, 2.75) is 11.8 Å². The minimum Gasteiger partial charge on any atom is -0.207 e. The zero-order valence-corrected chi connectivity index (χ0v) is 7.05. The van der Waals surface area contributed by atoms with Gasteiger partial charge in [0, 0.05) is 6.42 Å². The summed E-state index contributed by atoms with van der Waals surface area (Å²) in [5, 5.41) is 7.73. The molecule has 0 aliphatic carbocycles. The van der Waals surface area contributed by atoms with Crippen molar-refractivity contribution >= 4 is 11.6 Å². The van der Waals surface area contributed by atoms with Crippen LogP contribution in [0.25, 0.3) is 0 Å². The molecule has 0 saturated heterocycles. The van der Waals surface area contributed by atoms with E-state index in [2.05, 4.69) is 0 Å². The third kappa shape index (κ3) is 2.21. The first-order valence-electron chi connectivity index (χ1n) is 3.51. The van der Waals surface area contributed by atoms with E-state index in [1.54, 1.807) is 18.2 Å². The summed E-state index contributed by atoms with van der Waals surface area (Å²) >= 11 is 5.54. The summed E-state index contributed by atoms with van der Waals surface area (Å²) in [7, 11) is 0. The lowest BCUT2D eigenvalue weighted by Crippen LogP contribution is -2.01. The maximum absolute atomic E-state index is 12.9. The summed E-state index contributed by atoms with van der Waals surface area (Å²) in [6.07, 6.45) is 0.255. The molecule has 1 aromatic rings. The van der Waals surface area contributed by atoms with Crippen LogP contribution in [0.4, 0.5) is 4.39 Å². The van der Waals surface area contributed by atoms with Crippen molar-refractivity contribution in [1.82, 2.24) is 0 Å². The van der Waals surface area contributed by atoms with Crippen molar-refractivity contribution in [2.24, 2.45) is 0 Å². The highest BCUT2D eigenvalue weighted by Crippen LogP contribution is 2.11. The van der Waals surface area contributed by atoms with E-state index in [0.29, 0.717) is 5.56 Å². The Labute approximate surface area is 75.4 Å². The number of nitriles is 1. The lowest BCUT2D eigenvalue weighted by molar-refractivity contribution is 0.610. The van der Waals surface area contributed by atoms with Crippen LogP contribution in [0.5, 0.6) is 0 Å². The average Bonchev–Trinajstić information content (AvgIpc) is 2.09. The van der Waals surface area contributed by atoms with E-state index >= 15 is 0 Å². The van der Waals surface area contributed by atoms with E-state index in [1.165, 1.54) is 6.07 Å². The van der Waals surface area contributed by atoms with Gasteiger partial charge in [-0.25, -0.2) is 4.39 Å². The predicted molar refractivity (Wildman–Crippen MR) is 45.4 cm³/mol. The van der Waals surface area contributed by atoms with Gasteiger partial charge in [-0.1, -0.05) is 18.2 Å². The van der Waals surface area contributed by atoms with Crippen LogP contribution in [-0.2, 0) is 6.42 Å². The van der Waals surface area contributed by atoms with E-state index in [9.17, 15) is 4.39 Å². The molecule has 0 aromatic heterocycles. The first kappa shape index (κ1) is 9.02. The van der Waals surface area contributed by atoms with Gasteiger partial charge in [0.15, 0.2) is 0 Å². The fraction of sp³-hybridized carbons (Fsp3) is 0.222. The van der Waals surface area contributed by atoms with E-state index in [4.69, 9.17) is 16.9 Å². The highest BCUT2D eigenvalue weighted by atomic mass is 35.5. The number of hydrogen-bond acceptors (Lipinski definition) is 1. The van der Waals surface area contributed by atoms with Gasteiger partial charge in [0.25, 0.3) is 0 Å². The first-order valence-corrected chi connectivity index (χ1v) is 3.95. The fourth-order valence-corrected chi connectivity index (χ4v) is 1.07. The molecule has 0 aliphatic rings. The van der Waals surface area contributed by atoms with Crippen molar-refractivity contribution in [3.8, 4) is 6.07 Å². The monoisotopic (exact) mass is 183 g/mol. The van der Waals surface area contributed by atoms with Crippen molar-refractivity contribution in [2.75, 3.05) is 0 Å². The van der Waals surface area contributed by atoms with Crippen LogP contribution in [0.3, 0.4) is 0 Å². The second-order valence-corrected chi connectivity index (χ2v) is 2.92. The first-order chi connectivity index (χ1) is 5.74. The number of hydrogen-bond donors (Lipinski definition) is 0. The Morgan fingerprint density at radius 1 is 1.50 bits per heavy atom. The molecule has 0 amide bonds. The molecule has 0 radical (unpaired) electrons. The summed E-state index contributed by atoms with van der Waals surface area (Å²) in [5.74, 6) is -0.307. The molecule has 3 heteroatoms. The second-order valence-electron chi connectivity index (χ2n) is 2.39. The minimum atomic E-state index is -0.651. The van der Waals surface area contributed by atoms with Crippen LogP contribution in [0.1, 0.15) is 5.56 Å². The molecular formula is C9H7ClFN. The highest BCUT2D eigenvalue weighted by molar-refractivity contribution is 6.22. The Morgan fingerprint density at radius 2 is 2.17 bits per heavy atom. The molecule has 0 aliphatic heterocycles. The Morgan fingerprint density at radius 3 is 2.75 bits per heavy atom. The summed E-state index contributed by atoms with van der Waals surface area (Å²) in [6.45, 7) is 0. The predicted octanol–water partition coefficient (Wildman–Crippen LogP) is 2.50. The lowest BCUT2D eigenvalue weighted by Gasteiger charge is -2.01. The van der Waals surface area contributed by atoms with Crippen LogP contribution in [0.15, 0.2) is 24.3 Å². The van der Waals surface area contributed by atoms with Gasteiger partial charge in [0.1, 0.15) is 11.2 Å². The van der Waals surface area contributed by atoms with Gasteiger partial charge in [-0.2, -0.15) is 5.26 Å². The van der Waals surface area contributed by atoms with Gasteiger partial charge in [0.2, 0.25) is 0 Å². The van der Waals surface area contributed by atoms with Gasteiger partial charge in [-0.05, 0) is 11.6 Å². The number of benzene rings is 1. The maximum Gasteiger partial charge on any atom is 0.126 e. The molecule has 1 nitrogen and oxygen atoms in total. The molecule has 0 bridgehead atoms. The van der Waals surface area contributed by atoms with Crippen molar-refractivity contribution in [1.29, 1.82) is 5.26 Å². The van der Waals surface area contributed by atoms with Crippen molar-refractivity contribution < 1.29 is 4.39 Å². The molecule has 12 heavy (non-hydrogen) atoms. The SMILES string of the molecule is N#CC(Cl)Cc1ccccc1F. The number of nitrogens with zero attached hydrogens (tertiary/aromatic N) is 1. The Bertz CT molecular complexity index is 306. The van der Waals surface area contributed by atoms with Crippen LogP contribution >= 0.6 is 11.6 Å². The van der Waals surface area contributed by atoms with Crippen LogP contribution < -0.4 is 0 Å². The van der Waals surface area contributed by atoms with E-state index < -0.39 is 5.38 Å². The summed E-state index contributed by atoms with van der Waals surface area (Å²) < 4.78 is 12.9. The Balaban J connectivity index is 2.77. The van der Waals surface area contributed by atoms with E-state index in [1.807, 2.05) is 6.07 Å². The van der Waals surface area contributed by atoms with Crippen LogP contribution in [0.2, 0.25) is 0 Å². The highest BCUT2D eigenvalue weighted by Gasteiger charge is 2.06. The second kappa shape index (κ2) is 4.08. The molecular weight excluding hydrogens is 177 g/mol. The zero-order chi connectivity index (χ0) is 8.97. The third-order valence-corrected chi connectivity index (χ3v) is 1.75. The van der Waals surface area contributed by atoms with Crippen molar-refractivity contribution in [3.63, 3.8) is 0 Å². The lowest BCUT2D eigenvalue weighted by atomic mass is 10.1. The number of rotatable bonds is 2. The van der Waals surface area contributed by atoms with Gasteiger partial charge in [-0.3, -0.25) is 0 Å². The van der Waals surface area contributed by atoms with Gasteiger partial charge in [-0.15, -0.1) is 11.6 Å². The van der Waals surface area contributed by atoms with Crippen LogP contribution in [0, 0.1) is 17.1 Å². The normalized spacial score (nSPS) is 12.1. The molecule has 0 heterocycles. The smallest absolute Gasteiger partial charge is 0.126 e. The zero-order valence-electron chi connectivity index (χ0n) is 6.30. The largest absolute Gasteiger partial charge is 0.207 e. The average molecular weight is 184 g/mol. The molecule has 0 saturated carbocycles. The maximum atomic E-state index is 12.9. The van der Waals surface area contributed by atoms with Gasteiger partial charge < -0.3 is 0 Å². The quantitative estimate of drug-likeness (QED) is 0.647. The molecule has 0 spiro atoms. The third-order valence-electron chi connectivity index (χ3n) is 1.50. The molecule has 1 rings (SSSR count). The van der Waals surface area contributed by atoms with E-state index in [0.717, 1.165) is 0 Å². The van der Waals surface area contributed by atoms with E-state index in [-0.39, 0.29) is 12.2 Å². The standard InChI is InChI=1S/C9H7ClFN/c10-8(6-12)5-7-3-1-2-4-9(7)11/h1-4,8H,5H2. The fourth-order valence-electron chi connectivity index (χ4n) is 0.903. The summed E-state index contributed by atoms with van der Waals surface area (Å²) in [5.41, 5.74) is 0.485.